The zero-order valence-electron chi connectivity index (χ0n) is 21.8. The second-order valence-corrected chi connectivity index (χ2v) is 10.2. The number of aromatic nitrogens is 1. The van der Waals surface area contributed by atoms with Gasteiger partial charge in [0.2, 0.25) is 0 Å². The normalized spacial score (nSPS) is 22.8. The van der Waals surface area contributed by atoms with Gasteiger partial charge in [0.25, 0.3) is 5.91 Å². The number of amides is 1. The summed E-state index contributed by atoms with van der Waals surface area (Å²) in [5, 5.41) is 12.4. The average molecular weight is 516 g/mol. The topological polar surface area (TPSA) is 83.9 Å². The molecule has 3 heterocycles. The fraction of sp³-hybridized carbons (Fsp3) is 0.419. The number of carbonyl (C=O) groups is 1. The molecule has 5 rings (SSSR count). The van der Waals surface area contributed by atoms with E-state index in [9.17, 15) is 9.90 Å². The second kappa shape index (κ2) is 13.1. The van der Waals surface area contributed by atoms with E-state index in [2.05, 4.69) is 15.2 Å². The van der Waals surface area contributed by atoms with Gasteiger partial charge in [0.1, 0.15) is 0 Å². The number of ether oxygens (including phenoxy) is 2. The predicted molar refractivity (Wildman–Crippen MR) is 147 cm³/mol. The predicted octanol–water partition coefficient (Wildman–Crippen LogP) is 5.64. The van der Waals surface area contributed by atoms with Crippen LogP contribution in [0.5, 0.6) is 0 Å². The Bertz CT molecular complexity index is 1160. The Morgan fingerprint density at radius 3 is 2.47 bits per heavy atom. The lowest BCUT2D eigenvalue weighted by Crippen LogP contribution is -2.40. The van der Waals surface area contributed by atoms with Crippen LogP contribution in [0.2, 0.25) is 0 Å². The van der Waals surface area contributed by atoms with E-state index in [1.165, 1.54) is 32.1 Å². The van der Waals surface area contributed by atoms with Crippen molar-refractivity contribution < 1.29 is 19.4 Å². The van der Waals surface area contributed by atoms with Crippen molar-refractivity contribution in [2.45, 2.75) is 63.6 Å². The van der Waals surface area contributed by atoms with E-state index in [0.29, 0.717) is 11.3 Å². The molecule has 0 bridgehead atoms. The van der Waals surface area contributed by atoms with Crippen LogP contribution in [0.15, 0.2) is 73.1 Å². The highest BCUT2D eigenvalue weighted by Gasteiger charge is 2.33. The number of nitrogens with zero attached hydrogens (tertiary/aromatic N) is 2. The van der Waals surface area contributed by atoms with E-state index in [4.69, 9.17) is 9.47 Å². The Balaban J connectivity index is 1.34. The van der Waals surface area contributed by atoms with Gasteiger partial charge >= 0.3 is 0 Å². The quantitative estimate of drug-likeness (QED) is 0.424. The minimum Gasteiger partial charge on any atom is -0.392 e. The molecule has 38 heavy (non-hydrogen) atoms. The molecule has 2 saturated heterocycles. The van der Waals surface area contributed by atoms with Crippen LogP contribution in [-0.4, -0.2) is 46.6 Å². The van der Waals surface area contributed by atoms with Crippen LogP contribution in [0, 0.1) is 0 Å². The monoisotopic (exact) mass is 515 g/mol. The molecule has 2 N–H and O–H groups in total. The molecule has 7 heteroatoms. The Kier molecular flexibility index (Phi) is 9.15. The lowest BCUT2D eigenvalue weighted by atomic mass is 9.99. The van der Waals surface area contributed by atoms with Gasteiger partial charge < -0.3 is 24.8 Å². The molecule has 0 saturated carbocycles. The highest BCUT2D eigenvalue weighted by molar-refractivity contribution is 6.04. The van der Waals surface area contributed by atoms with Crippen LogP contribution < -0.4 is 5.32 Å². The van der Waals surface area contributed by atoms with E-state index in [0.717, 1.165) is 42.7 Å². The van der Waals surface area contributed by atoms with Crippen molar-refractivity contribution in [2.75, 3.05) is 25.0 Å². The van der Waals surface area contributed by atoms with Crippen molar-refractivity contribution in [3.8, 4) is 0 Å². The molecule has 2 aliphatic rings. The van der Waals surface area contributed by atoms with E-state index in [1.54, 1.807) is 24.5 Å². The third-order valence-electron chi connectivity index (χ3n) is 7.37. The smallest absolute Gasteiger partial charge is 0.257 e. The van der Waals surface area contributed by atoms with Crippen LogP contribution in [0.25, 0.3) is 0 Å². The van der Waals surface area contributed by atoms with Crippen molar-refractivity contribution >= 4 is 11.6 Å². The summed E-state index contributed by atoms with van der Waals surface area (Å²) in [5.74, 6) is -0.211. The minimum absolute atomic E-state index is 0.0179. The van der Waals surface area contributed by atoms with Crippen LogP contribution in [-0.2, 0) is 16.1 Å². The van der Waals surface area contributed by atoms with Gasteiger partial charge in [-0.05, 0) is 61.3 Å². The first-order valence-corrected chi connectivity index (χ1v) is 13.7. The molecule has 200 valence electrons. The number of hydrogen-bond acceptors (Lipinski definition) is 6. The molecule has 0 radical (unpaired) electrons. The number of hydrogen-bond donors (Lipinski definition) is 2. The highest BCUT2D eigenvalue weighted by atomic mass is 16.7. The van der Waals surface area contributed by atoms with Gasteiger partial charge in [-0.1, -0.05) is 55.7 Å². The maximum atomic E-state index is 12.7. The number of benzene rings is 2. The lowest BCUT2D eigenvalue weighted by Gasteiger charge is -2.39. The van der Waals surface area contributed by atoms with Crippen molar-refractivity contribution in [3.05, 3.63) is 95.3 Å². The number of likely N-dealkylation sites (tertiary alicyclic amines) is 1. The van der Waals surface area contributed by atoms with E-state index in [-0.39, 0.29) is 24.7 Å². The molecule has 2 aromatic carbocycles. The van der Waals surface area contributed by atoms with Gasteiger partial charge in [-0.3, -0.25) is 9.78 Å². The van der Waals surface area contributed by atoms with Crippen LogP contribution in [0.3, 0.4) is 0 Å². The van der Waals surface area contributed by atoms with Gasteiger partial charge in [-0.15, -0.1) is 0 Å². The molecule has 7 nitrogen and oxygen atoms in total. The average Bonchev–Trinajstić information content (AvgIpc) is 2.95. The van der Waals surface area contributed by atoms with E-state index < -0.39 is 6.29 Å². The summed E-state index contributed by atoms with van der Waals surface area (Å²) in [6.07, 6.45) is 9.69. The third-order valence-corrected chi connectivity index (χ3v) is 7.37. The summed E-state index contributed by atoms with van der Waals surface area (Å²) in [4.78, 5) is 19.3. The van der Waals surface area contributed by atoms with Gasteiger partial charge in [0, 0.05) is 36.6 Å². The number of carbonyl (C=O) groups excluding carboxylic acids is 1. The standard InChI is InChI=1S/C31H37N3O4/c35-22-23-11-13-24(14-12-23)29-19-28(21-34-16-4-2-1-3-5-17-34)37-31(38-29)25-8-6-10-27(18-25)33-30(36)26-9-7-15-32-20-26/h6-15,18,20,28-29,31,35H,1-5,16-17,19,21-22H2,(H,33,36)/t28-,29+,31+/m0/s1. The molecule has 1 aromatic heterocycles. The summed E-state index contributed by atoms with van der Waals surface area (Å²) in [5.41, 5.74) is 4.00. The Hall–Kier alpha value is -3.10. The Morgan fingerprint density at radius 2 is 1.74 bits per heavy atom. The highest BCUT2D eigenvalue weighted by Crippen LogP contribution is 2.38. The molecule has 1 amide bonds. The first kappa shape index (κ1) is 26.5. The number of pyridine rings is 1. The third kappa shape index (κ3) is 7.05. The SMILES string of the molecule is O=C(Nc1cccc([C@@H]2O[C@H](CN3CCCCCCC3)C[C@H](c3ccc(CO)cc3)O2)c1)c1cccnc1. The Morgan fingerprint density at radius 1 is 0.947 bits per heavy atom. The molecule has 0 unspecified atom stereocenters. The van der Waals surface area contributed by atoms with Crippen molar-refractivity contribution in [2.24, 2.45) is 0 Å². The van der Waals surface area contributed by atoms with Gasteiger partial charge in [0.15, 0.2) is 6.29 Å². The molecule has 3 atom stereocenters. The zero-order chi connectivity index (χ0) is 26.2. The molecular formula is C31H37N3O4. The van der Waals surface area contributed by atoms with E-state index in [1.807, 2.05) is 48.5 Å². The van der Waals surface area contributed by atoms with Crippen molar-refractivity contribution in [1.29, 1.82) is 0 Å². The van der Waals surface area contributed by atoms with Crippen LogP contribution >= 0.6 is 0 Å². The fourth-order valence-electron chi connectivity index (χ4n) is 5.28. The Labute approximate surface area is 224 Å². The lowest BCUT2D eigenvalue weighted by molar-refractivity contribution is -0.253. The van der Waals surface area contributed by atoms with Crippen molar-refractivity contribution in [3.63, 3.8) is 0 Å². The molecule has 3 aromatic rings. The molecule has 2 aliphatic heterocycles. The maximum Gasteiger partial charge on any atom is 0.257 e. The number of nitrogens with one attached hydrogen (secondary N) is 1. The van der Waals surface area contributed by atoms with Crippen LogP contribution in [0.4, 0.5) is 5.69 Å². The molecular weight excluding hydrogens is 478 g/mol. The van der Waals surface area contributed by atoms with Gasteiger partial charge in [0.05, 0.1) is 24.4 Å². The summed E-state index contributed by atoms with van der Waals surface area (Å²) in [6, 6.07) is 19.1. The zero-order valence-corrected chi connectivity index (χ0v) is 21.8. The summed E-state index contributed by atoms with van der Waals surface area (Å²) >= 11 is 0. The fourth-order valence-corrected chi connectivity index (χ4v) is 5.28. The maximum absolute atomic E-state index is 12.7. The first-order chi connectivity index (χ1) is 18.7. The van der Waals surface area contributed by atoms with Crippen molar-refractivity contribution in [1.82, 2.24) is 9.88 Å². The number of anilines is 1. The number of aliphatic hydroxyl groups excluding tert-OH is 1. The molecule has 2 fully saturated rings. The molecule has 0 spiro atoms. The van der Waals surface area contributed by atoms with E-state index >= 15 is 0 Å². The first-order valence-electron chi connectivity index (χ1n) is 13.7. The summed E-state index contributed by atoms with van der Waals surface area (Å²) < 4.78 is 13.1. The van der Waals surface area contributed by atoms with Gasteiger partial charge in [-0.25, -0.2) is 0 Å². The molecule has 0 aliphatic carbocycles. The van der Waals surface area contributed by atoms with Crippen LogP contribution in [0.1, 0.15) is 78.0 Å². The second-order valence-electron chi connectivity index (χ2n) is 10.2. The number of rotatable bonds is 7. The number of aliphatic hydroxyl groups is 1. The summed E-state index contributed by atoms with van der Waals surface area (Å²) in [6.45, 7) is 3.11. The minimum atomic E-state index is -0.554. The van der Waals surface area contributed by atoms with Gasteiger partial charge in [-0.2, -0.15) is 0 Å². The summed E-state index contributed by atoms with van der Waals surface area (Å²) in [7, 11) is 0. The largest absolute Gasteiger partial charge is 0.392 e.